The van der Waals surface area contributed by atoms with Crippen molar-refractivity contribution in [3.8, 4) is 11.5 Å². The molecule has 0 fully saturated rings. The maximum atomic E-state index is 13.2. The van der Waals surface area contributed by atoms with Crippen LogP contribution < -0.4 is 30.1 Å². The number of hydrogen-bond acceptors (Lipinski definition) is 9. The number of anilines is 2. The number of amides is 2. The van der Waals surface area contributed by atoms with Crippen molar-refractivity contribution in [2.75, 3.05) is 51.2 Å². The molecule has 0 atom stereocenters. The van der Waals surface area contributed by atoms with Crippen LogP contribution in [0.25, 0.3) is 0 Å². The van der Waals surface area contributed by atoms with Gasteiger partial charge in [-0.2, -0.15) is 10.2 Å². The van der Waals surface area contributed by atoms with Crippen LogP contribution in [0.1, 0.15) is 57.2 Å². The first kappa shape index (κ1) is 31.2. The van der Waals surface area contributed by atoms with E-state index < -0.39 is 11.8 Å². The number of benzene rings is 2. The van der Waals surface area contributed by atoms with Gasteiger partial charge in [-0.15, -0.1) is 11.3 Å². The van der Waals surface area contributed by atoms with Crippen LogP contribution in [0.15, 0.2) is 58.7 Å². The molecule has 0 radical (unpaired) electrons. The topological polar surface area (TPSA) is 108 Å². The van der Waals surface area contributed by atoms with Gasteiger partial charge in [0.05, 0.1) is 25.6 Å². The first-order valence-corrected chi connectivity index (χ1v) is 14.2. The van der Waals surface area contributed by atoms with Crippen LogP contribution in [0.3, 0.4) is 0 Å². The van der Waals surface area contributed by atoms with Crippen LogP contribution in [-0.4, -0.2) is 65.6 Å². The minimum absolute atomic E-state index is 0.193. The molecule has 0 saturated carbocycles. The Morgan fingerprint density at radius 1 is 0.707 bits per heavy atom. The lowest BCUT2D eigenvalue weighted by atomic mass is 10.2. The largest absolute Gasteiger partial charge is 0.488 e. The van der Waals surface area contributed by atoms with E-state index >= 15 is 0 Å². The molecular formula is C30H38N6O4S. The van der Waals surface area contributed by atoms with E-state index in [2.05, 4.69) is 21.1 Å². The van der Waals surface area contributed by atoms with Gasteiger partial charge in [0.1, 0.15) is 9.75 Å². The Labute approximate surface area is 245 Å². The van der Waals surface area contributed by atoms with E-state index in [1.165, 1.54) is 0 Å². The molecule has 1 aromatic heterocycles. The summed E-state index contributed by atoms with van der Waals surface area (Å²) in [6.07, 6.45) is 4.53. The van der Waals surface area contributed by atoms with Gasteiger partial charge in [-0.1, -0.05) is 38.1 Å². The predicted octanol–water partition coefficient (Wildman–Crippen LogP) is 4.99. The van der Waals surface area contributed by atoms with Crippen molar-refractivity contribution >= 4 is 47.0 Å². The molecule has 0 saturated heterocycles. The number of ether oxygens (including phenoxy) is 2. The maximum absolute atomic E-state index is 13.2. The molecular weight excluding hydrogens is 540 g/mol. The second kappa shape index (κ2) is 15.4. The molecule has 3 aromatic rings. The molecule has 0 unspecified atom stereocenters. The number of thiophene rings is 1. The molecule has 0 aliphatic rings. The van der Waals surface area contributed by atoms with Crippen molar-refractivity contribution in [1.82, 2.24) is 10.9 Å². The summed E-state index contributed by atoms with van der Waals surface area (Å²) in [5.74, 6) is -0.567. The third-order valence-electron chi connectivity index (χ3n) is 5.71. The van der Waals surface area contributed by atoms with Crippen molar-refractivity contribution in [1.29, 1.82) is 0 Å². The Morgan fingerprint density at radius 3 is 1.39 bits per heavy atom. The first-order valence-electron chi connectivity index (χ1n) is 13.4. The van der Waals surface area contributed by atoms with Crippen LogP contribution in [0.5, 0.6) is 11.5 Å². The van der Waals surface area contributed by atoms with Gasteiger partial charge in [0.25, 0.3) is 11.8 Å². The summed E-state index contributed by atoms with van der Waals surface area (Å²) < 4.78 is 11.8. The average Bonchev–Trinajstić information content (AvgIpc) is 3.33. The molecule has 1 heterocycles. The normalized spacial score (nSPS) is 11.1. The zero-order valence-corrected chi connectivity index (χ0v) is 25.2. The van der Waals surface area contributed by atoms with Crippen LogP contribution >= 0.6 is 11.3 Å². The summed E-state index contributed by atoms with van der Waals surface area (Å²) >= 11 is 0.973. The second-order valence-electron chi connectivity index (χ2n) is 9.49. The lowest BCUT2D eigenvalue weighted by Gasteiger charge is -2.11. The number of carbonyl (C=O) groups excluding carboxylic acids is 2. The van der Waals surface area contributed by atoms with Crippen molar-refractivity contribution in [2.45, 2.75) is 26.7 Å². The monoisotopic (exact) mass is 578 g/mol. The Kier molecular flexibility index (Phi) is 11.7. The standard InChI is InChI=1S/C30H38N6O4S/c1-7-17-39-25-26(40-18-8-2)28(30(38)34-32-20-22-11-15-24(16-12-22)36(5)6)41-27(25)29(37)33-31-19-21-9-13-23(14-10-21)35(3)4/h9-16,19-20H,7-8,17-18H2,1-6H3,(H,33,37)(H,34,38)/b31-19+,32-20+. The third-order valence-corrected chi connectivity index (χ3v) is 6.86. The van der Waals surface area contributed by atoms with Gasteiger partial charge in [-0.25, -0.2) is 10.9 Å². The van der Waals surface area contributed by atoms with Gasteiger partial charge in [-0.05, 0) is 48.2 Å². The third kappa shape index (κ3) is 8.81. The highest BCUT2D eigenvalue weighted by Gasteiger charge is 2.29. The molecule has 2 N–H and O–H groups in total. The molecule has 3 rings (SSSR count). The van der Waals surface area contributed by atoms with Crippen LogP contribution in [-0.2, 0) is 0 Å². The van der Waals surface area contributed by atoms with Gasteiger partial charge in [-0.3, -0.25) is 9.59 Å². The molecule has 0 aliphatic carbocycles. The van der Waals surface area contributed by atoms with Crippen molar-refractivity contribution < 1.29 is 19.1 Å². The Morgan fingerprint density at radius 2 is 1.07 bits per heavy atom. The number of nitrogens with one attached hydrogen (secondary N) is 2. The van der Waals surface area contributed by atoms with Crippen LogP contribution in [0.2, 0.25) is 0 Å². The van der Waals surface area contributed by atoms with E-state index in [0.717, 1.165) is 33.8 Å². The summed E-state index contributed by atoms with van der Waals surface area (Å²) in [5, 5.41) is 8.21. The van der Waals surface area contributed by atoms with E-state index in [1.54, 1.807) is 12.4 Å². The van der Waals surface area contributed by atoms with Gasteiger partial charge in [0.15, 0.2) is 11.5 Å². The number of carbonyl (C=O) groups is 2. The van der Waals surface area contributed by atoms with E-state index in [1.807, 2.05) is 100 Å². The number of hydrogen-bond donors (Lipinski definition) is 2. The van der Waals surface area contributed by atoms with Gasteiger partial charge in [0.2, 0.25) is 0 Å². The highest BCUT2D eigenvalue weighted by molar-refractivity contribution is 7.16. The predicted molar refractivity (Wildman–Crippen MR) is 168 cm³/mol. The summed E-state index contributed by atoms with van der Waals surface area (Å²) in [5.41, 5.74) is 8.85. The molecule has 0 bridgehead atoms. The van der Waals surface area contributed by atoms with E-state index in [9.17, 15) is 9.59 Å². The second-order valence-corrected chi connectivity index (χ2v) is 10.5. The van der Waals surface area contributed by atoms with Crippen molar-refractivity contribution in [2.24, 2.45) is 10.2 Å². The summed E-state index contributed by atoms with van der Waals surface area (Å²) in [6, 6.07) is 15.5. The fraction of sp³-hybridized carbons (Fsp3) is 0.333. The first-order chi connectivity index (χ1) is 19.7. The molecule has 11 heteroatoms. The average molecular weight is 579 g/mol. The molecule has 0 aliphatic heterocycles. The quantitative estimate of drug-likeness (QED) is 0.206. The summed E-state index contributed by atoms with van der Waals surface area (Å²) in [4.78, 5) is 30.7. The Hall–Kier alpha value is -4.38. The van der Waals surface area contributed by atoms with E-state index in [4.69, 9.17) is 9.47 Å². The fourth-order valence-electron chi connectivity index (χ4n) is 3.52. The van der Waals surface area contributed by atoms with Crippen LogP contribution in [0.4, 0.5) is 11.4 Å². The molecule has 10 nitrogen and oxygen atoms in total. The molecule has 218 valence electrons. The number of hydrazone groups is 2. The maximum Gasteiger partial charge on any atom is 0.285 e. The van der Waals surface area contributed by atoms with Gasteiger partial charge in [0, 0.05) is 39.6 Å². The SMILES string of the molecule is CCCOc1c(C(=O)N/N=C/c2ccc(N(C)C)cc2)sc(C(=O)N/N=C/c2ccc(N(C)C)cc2)c1OCCC. The lowest BCUT2D eigenvalue weighted by Crippen LogP contribution is -2.17. The van der Waals surface area contributed by atoms with Gasteiger partial charge < -0.3 is 19.3 Å². The zero-order valence-electron chi connectivity index (χ0n) is 24.4. The van der Waals surface area contributed by atoms with Crippen molar-refractivity contribution in [3.05, 3.63) is 69.4 Å². The smallest absolute Gasteiger partial charge is 0.285 e. The van der Waals surface area contributed by atoms with E-state index in [0.29, 0.717) is 26.1 Å². The zero-order chi connectivity index (χ0) is 29.8. The lowest BCUT2D eigenvalue weighted by molar-refractivity contribution is 0.0945. The highest BCUT2D eigenvalue weighted by Crippen LogP contribution is 2.42. The van der Waals surface area contributed by atoms with Gasteiger partial charge >= 0.3 is 0 Å². The molecule has 2 aromatic carbocycles. The number of nitrogens with zero attached hydrogens (tertiary/aromatic N) is 4. The molecule has 41 heavy (non-hydrogen) atoms. The summed E-state index contributed by atoms with van der Waals surface area (Å²) in [7, 11) is 7.86. The minimum atomic E-state index is -0.507. The van der Waals surface area contributed by atoms with E-state index in [-0.39, 0.29) is 21.3 Å². The molecule has 0 spiro atoms. The fourth-order valence-corrected chi connectivity index (χ4v) is 4.49. The minimum Gasteiger partial charge on any atom is -0.488 e. The highest BCUT2D eigenvalue weighted by atomic mass is 32.1. The van der Waals surface area contributed by atoms with Crippen molar-refractivity contribution in [3.63, 3.8) is 0 Å². The Bertz CT molecular complexity index is 1250. The van der Waals surface area contributed by atoms with Crippen LogP contribution in [0, 0.1) is 0 Å². The molecule has 2 amide bonds. The summed E-state index contributed by atoms with van der Waals surface area (Å²) in [6.45, 7) is 4.61. The number of rotatable bonds is 14. The Balaban J connectivity index is 1.81.